The van der Waals surface area contributed by atoms with Crippen LogP contribution < -0.4 is 15.5 Å². The Bertz CT molecular complexity index is 524. The van der Waals surface area contributed by atoms with Gasteiger partial charge in [-0.3, -0.25) is 4.79 Å². The Morgan fingerprint density at radius 3 is 2.86 bits per heavy atom. The standard InChI is InChI=1S/C14H18BrN3O3/c15-11-3-1-2-4-12(11)18-8-6-10(9-18)17-14(21)16-7-5-13(19)20/h1-4,10H,5-9H2,(H,19,20)(H2,16,17,21). The highest BCUT2D eigenvalue weighted by Gasteiger charge is 2.24. The highest BCUT2D eigenvalue weighted by molar-refractivity contribution is 9.10. The van der Waals surface area contributed by atoms with E-state index >= 15 is 0 Å². The molecule has 2 amide bonds. The number of halogens is 1. The fourth-order valence-corrected chi connectivity index (χ4v) is 2.86. The van der Waals surface area contributed by atoms with E-state index in [2.05, 4.69) is 31.5 Å². The van der Waals surface area contributed by atoms with E-state index < -0.39 is 5.97 Å². The maximum absolute atomic E-state index is 11.6. The number of carboxylic acid groups (broad SMARTS) is 1. The summed E-state index contributed by atoms with van der Waals surface area (Å²) < 4.78 is 1.04. The van der Waals surface area contributed by atoms with Gasteiger partial charge in [0.05, 0.1) is 12.1 Å². The molecule has 1 aromatic carbocycles. The minimum absolute atomic E-state index is 0.0683. The molecule has 1 atom stereocenters. The Morgan fingerprint density at radius 2 is 2.14 bits per heavy atom. The summed E-state index contributed by atoms with van der Waals surface area (Å²) in [5.74, 6) is -0.920. The van der Waals surface area contributed by atoms with Crippen LogP contribution in [0, 0.1) is 0 Å². The number of aliphatic carboxylic acids is 1. The zero-order valence-electron chi connectivity index (χ0n) is 11.5. The van der Waals surface area contributed by atoms with Crippen LogP contribution in [0.15, 0.2) is 28.7 Å². The molecule has 0 saturated carbocycles. The molecule has 0 aliphatic carbocycles. The van der Waals surface area contributed by atoms with Crippen LogP contribution in [0.1, 0.15) is 12.8 Å². The molecule has 7 heteroatoms. The number of carbonyl (C=O) groups excluding carboxylic acids is 1. The van der Waals surface area contributed by atoms with Gasteiger partial charge < -0.3 is 20.6 Å². The predicted molar refractivity (Wildman–Crippen MR) is 83.5 cm³/mol. The van der Waals surface area contributed by atoms with Gasteiger partial charge in [0.15, 0.2) is 0 Å². The first-order valence-corrected chi connectivity index (χ1v) is 7.61. The van der Waals surface area contributed by atoms with Crippen molar-refractivity contribution in [1.82, 2.24) is 10.6 Å². The average molecular weight is 356 g/mol. The first-order chi connectivity index (χ1) is 10.1. The smallest absolute Gasteiger partial charge is 0.315 e. The number of anilines is 1. The highest BCUT2D eigenvalue weighted by Crippen LogP contribution is 2.28. The summed E-state index contributed by atoms with van der Waals surface area (Å²) in [6.45, 7) is 1.76. The summed E-state index contributed by atoms with van der Waals surface area (Å²) in [6, 6.07) is 7.75. The van der Waals surface area contributed by atoms with Crippen molar-refractivity contribution < 1.29 is 14.7 Å². The third kappa shape index (κ3) is 4.63. The second kappa shape index (κ2) is 7.31. The summed E-state index contributed by atoms with van der Waals surface area (Å²) in [4.78, 5) is 24.2. The second-order valence-corrected chi connectivity index (χ2v) is 5.78. The van der Waals surface area contributed by atoms with Crippen LogP contribution in [-0.4, -0.2) is 42.8 Å². The number of rotatable bonds is 5. The first kappa shape index (κ1) is 15.6. The van der Waals surface area contributed by atoms with Crippen LogP contribution in [0.2, 0.25) is 0 Å². The van der Waals surface area contributed by atoms with E-state index in [4.69, 9.17) is 5.11 Å². The Kier molecular flexibility index (Phi) is 5.44. The zero-order chi connectivity index (χ0) is 15.2. The minimum Gasteiger partial charge on any atom is -0.481 e. The number of hydrogen-bond acceptors (Lipinski definition) is 3. The summed E-state index contributed by atoms with van der Waals surface area (Å²) in [5.41, 5.74) is 1.12. The van der Waals surface area contributed by atoms with Gasteiger partial charge in [-0.1, -0.05) is 12.1 Å². The molecule has 1 fully saturated rings. The summed E-state index contributed by atoms with van der Waals surface area (Å²) in [5, 5.41) is 13.9. The number of hydrogen-bond donors (Lipinski definition) is 3. The largest absolute Gasteiger partial charge is 0.481 e. The lowest BCUT2D eigenvalue weighted by atomic mass is 10.3. The lowest BCUT2D eigenvalue weighted by Crippen LogP contribution is -2.43. The number of carboxylic acids is 1. The maximum Gasteiger partial charge on any atom is 0.315 e. The van der Waals surface area contributed by atoms with Crippen LogP contribution in [0.5, 0.6) is 0 Å². The number of nitrogens with one attached hydrogen (secondary N) is 2. The molecule has 21 heavy (non-hydrogen) atoms. The summed E-state index contributed by atoms with van der Waals surface area (Å²) in [6.07, 6.45) is 0.800. The molecular formula is C14H18BrN3O3. The number of nitrogens with zero attached hydrogens (tertiary/aromatic N) is 1. The molecule has 3 N–H and O–H groups in total. The number of urea groups is 1. The third-order valence-electron chi connectivity index (χ3n) is 3.34. The van der Waals surface area contributed by atoms with Gasteiger partial charge in [-0.2, -0.15) is 0 Å². The molecule has 1 heterocycles. The fourth-order valence-electron chi connectivity index (χ4n) is 2.32. The Hall–Kier alpha value is -1.76. The zero-order valence-corrected chi connectivity index (χ0v) is 13.1. The van der Waals surface area contributed by atoms with Gasteiger partial charge in [-0.15, -0.1) is 0 Å². The average Bonchev–Trinajstić information content (AvgIpc) is 2.87. The van der Waals surface area contributed by atoms with Crippen molar-refractivity contribution in [1.29, 1.82) is 0 Å². The van der Waals surface area contributed by atoms with Crippen LogP contribution in [-0.2, 0) is 4.79 Å². The van der Waals surface area contributed by atoms with Gasteiger partial charge in [0.1, 0.15) is 0 Å². The quantitative estimate of drug-likeness (QED) is 0.752. The Balaban J connectivity index is 1.79. The van der Waals surface area contributed by atoms with E-state index in [0.29, 0.717) is 0 Å². The normalized spacial score (nSPS) is 17.6. The Morgan fingerprint density at radius 1 is 1.38 bits per heavy atom. The number of amides is 2. The van der Waals surface area contributed by atoms with Crippen molar-refractivity contribution in [2.75, 3.05) is 24.5 Å². The third-order valence-corrected chi connectivity index (χ3v) is 4.01. The molecule has 114 valence electrons. The van der Waals surface area contributed by atoms with Gasteiger partial charge in [0.25, 0.3) is 0 Å². The van der Waals surface area contributed by atoms with Crippen LogP contribution in [0.25, 0.3) is 0 Å². The van der Waals surface area contributed by atoms with Crippen LogP contribution in [0.3, 0.4) is 0 Å². The van der Waals surface area contributed by atoms with Crippen LogP contribution in [0.4, 0.5) is 10.5 Å². The lowest BCUT2D eigenvalue weighted by Gasteiger charge is -2.20. The molecule has 1 unspecified atom stereocenters. The summed E-state index contributed by atoms with van der Waals surface area (Å²) in [7, 11) is 0. The van der Waals surface area contributed by atoms with Crippen molar-refractivity contribution in [2.24, 2.45) is 0 Å². The maximum atomic E-state index is 11.6. The van der Waals surface area contributed by atoms with Crippen molar-refractivity contribution >= 4 is 33.6 Å². The number of carbonyl (C=O) groups is 2. The van der Waals surface area contributed by atoms with E-state index in [1.54, 1.807) is 0 Å². The van der Waals surface area contributed by atoms with Crippen molar-refractivity contribution in [2.45, 2.75) is 18.9 Å². The van der Waals surface area contributed by atoms with E-state index in [1.165, 1.54) is 0 Å². The molecule has 0 spiro atoms. The van der Waals surface area contributed by atoms with Gasteiger partial charge in [-0.05, 0) is 34.5 Å². The van der Waals surface area contributed by atoms with E-state index in [0.717, 1.165) is 29.7 Å². The fraction of sp³-hybridized carbons (Fsp3) is 0.429. The minimum atomic E-state index is -0.920. The molecule has 6 nitrogen and oxygen atoms in total. The molecule has 0 radical (unpaired) electrons. The van der Waals surface area contributed by atoms with Crippen molar-refractivity contribution in [3.05, 3.63) is 28.7 Å². The molecule has 0 bridgehead atoms. The molecule has 1 aromatic rings. The molecule has 0 aromatic heterocycles. The van der Waals surface area contributed by atoms with E-state index in [9.17, 15) is 9.59 Å². The number of benzene rings is 1. The molecule has 1 aliphatic heterocycles. The van der Waals surface area contributed by atoms with E-state index in [1.807, 2.05) is 24.3 Å². The van der Waals surface area contributed by atoms with Gasteiger partial charge in [-0.25, -0.2) is 4.79 Å². The number of para-hydroxylation sites is 1. The molecule has 1 saturated heterocycles. The summed E-state index contributed by atoms with van der Waals surface area (Å²) >= 11 is 3.53. The highest BCUT2D eigenvalue weighted by atomic mass is 79.9. The van der Waals surface area contributed by atoms with Crippen molar-refractivity contribution in [3.8, 4) is 0 Å². The second-order valence-electron chi connectivity index (χ2n) is 4.93. The Labute approximate surface area is 131 Å². The lowest BCUT2D eigenvalue weighted by molar-refractivity contribution is -0.136. The molecule has 2 rings (SSSR count). The molecule has 1 aliphatic rings. The van der Waals surface area contributed by atoms with Crippen LogP contribution >= 0.6 is 15.9 Å². The van der Waals surface area contributed by atoms with Gasteiger partial charge >= 0.3 is 12.0 Å². The van der Waals surface area contributed by atoms with Gasteiger partial charge in [0.2, 0.25) is 0 Å². The van der Waals surface area contributed by atoms with E-state index in [-0.39, 0.29) is 25.0 Å². The SMILES string of the molecule is O=C(O)CCNC(=O)NC1CCN(c2ccccc2Br)C1. The predicted octanol–water partition coefficient (Wildman–Crippen LogP) is 1.80. The first-order valence-electron chi connectivity index (χ1n) is 6.82. The van der Waals surface area contributed by atoms with Gasteiger partial charge in [0, 0.05) is 30.1 Å². The topological polar surface area (TPSA) is 81.7 Å². The molecular weight excluding hydrogens is 338 g/mol. The monoisotopic (exact) mass is 355 g/mol. The van der Waals surface area contributed by atoms with Crippen molar-refractivity contribution in [3.63, 3.8) is 0 Å².